The maximum absolute atomic E-state index is 12.4. The summed E-state index contributed by atoms with van der Waals surface area (Å²) in [5.41, 5.74) is 3.53. The highest BCUT2D eigenvalue weighted by Gasteiger charge is 2.33. The van der Waals surface area contributed by atoms with Gasteiger partial charge in [0.2, 0.25) is 11.7 Å². The van der Waals surface area contributed by atoms with E-state index >= 15 is 0 Å². The molecule has 0 bridgehead atoms. The third kappa shape index (κ3) is 3.38. The van der Waals surface area contributed by atoms with Crippen LogP contribution in [-0.4, -0.2) is 37.4 Å². The predicted molar refractivity (Wildman–Crippen MR) is 110 cm³/mol. The predicted octanol–water partition coefficient (Wildman–Crippen LogP) is 4.23. The van der Waals surface area contributed by atoms with Crippen LogP contribution in [0.3, 0.4) is 0 Å². The van der Waals surface area contributed by atoms with E-state index in [1.807, 2.05) is 36.4 Å². The van der Waals surface area contributed by atoms with Crippen LogP contribution in [0.1, 0.15) is 23.5 Å². The minimum absolute atomic E-state index is 0.106. The molecule has 0 saturated carbocycles. The Morgan fingerprint density at radius 1 is 1.03 bits per heavy atom. The molecular weight excluding hydrogens is 394 g/mol. The van der Waals surface area contributed by atoms with Gasteiger partial charge in [0.25, 0.3) is 0 Å². The maximum Gasteiger partial charge on any atom is 0.226 e. The highest BCUT2D eigenvalue weighted by Crippen LogP contribution is 2.46. The number of methoxy groups -OCH3 is 3. The molecule has 0 spiro atoms. The van der Waals surface area contributed by atoms with Gasteiger partial charge < -0.3 is 19.5 Å². The Bertz CT molecular complexity index is 1040. The number of nitrogens with zero attached hydrogens (tertiary/aromatic N) is 1. The molecule has 0 radical (unpaired) electrons. The van der Waals surface area contributed by atoms with Gasteiger partial charge in [0, 0.05) is 28.5 Å². The lowest BCUT2D eigenvalue weighted by atomic mass is 9.84. The number of carbonyl (C=O) groups is 1. The van der Waals surface area contributed by atoms with E-state index in [1.165, 1.54) is 0 Å². The molecule has 29 heavy (non-hydrogen) atoms. The summed E-state index contributed by atoms with van der Waals surface area (Å²) in [5.74, 6) is 1.74. The summed E-state index contributed by atoms with van der Waals surface area (Å²) in [7, 11) is 4.69. The van der Waals surface area contributed by atoms with Crippen molar-refractivity contribution in [1.29, 1.82) is 0 Å². The Kier molecular flexibility index (Phi) is 5.07. The van der Waals surface area contributed by atoms with E-state index in [4.69, 9.17) is 25.8 Å². The molecule has 3 aromatic rings. The molecule has 1 amide bonds. The molecule has 0 saturated heterocycles. The smallest absolute Gasteiger partial charge is 0.226 e. The van der Waals surface area contributed by atoms with Crippen molar-refractivity contribution in [1.82, 2.24) is 10.2 Å². The molecule has 1 atom stereocenters. The van der Waals surface area contributed by atoms with Crippen LogP contribution in [0.15, 0.2) is 36.4 Å². The van der Waals surface area contributed by atoms with Gasteiger partial charge in [-0.25, -0.2) is 0 Å². The number of anilines is 1. The first-order valence-electron chi connectivity index (χ1n) is 8.99. The number of hydrogen-bond acceptors (Lipinski definition) is 5. The quantitative estimate of drug-likeness (QED) is 0.653. The van der Waals surface area contributed by atoms with Crippen LogP contribution in [0.5, 0.6) is 17.2 Å². The zero-order chi connectivity index (χ0) is 20.5. The second-order valence-corrected chi connectivity index (χ2v) is 7.07. The van der Waals surface area contributed by atoms with E-state index < -0.39 is 0 Å². The second-order valence-electron chi connectivity index (χ2n) is 6.63. The van der Waals surface area contributed by atoms with Gasteiger partial charge in [0.1, 0.15) is 0 Å². The summed E-state index contributed by atoms with van der Waals surface area (Å²) in [4.78, 5) is 12.4. The van der Waals surface area contributed by atoms with Crippen LogP contribution < -0.4 is 19.5 Å². The number of carbonyl (C=O) groups excluding carboxylic acids is 1. The van der Waals surface area contributed by atoms with Crippen molar-refractivity contribution >= 4 is 23.3 Å². The second kappa shape index (κ2) is 7.67. The molecule has 1 aliphatic heterocycles. The summed E-state index contributed by atoms with van der Waals surface area (Å²) in [5, 5.41) is 10.9. The average molecular weight is 414 g/mol. The van der Waals surface area contributed by atoms with Crippen molar-refractivity contribution in [3.8, 4) is 28.5 Å². The van der Waals surface area contributed by atoms with Gasteiger partial charge >= 0.3 is 0 Å². The molecule has 7 nitrogen and oxygen atoms in total. The van der Waals surface area contributed by atoms with E-state index in [1.54, 1.807) is 21.3 Å². The summed E-state index contributed by atoms with van der Waals surface area (Å²) in [6, 6.07) is 11.2. The fourth-order valence-electron chi connectivity index (χ4n) is 3.68. The lowest BCUT2D eigenvalue weighted by molar-refractivity contribution is -0.116. The van der Waals surface area contributed by atoms with Crippen molar-refractivity contribution in [3.63, 3.8) is 0 Å². The fraction of sp³-hybridized carbons (Fsp3) is 0.238. The number of nitrogens with one attached hydrogen (secondary N) is 2. The van der Waals surface area contributed by atoms with Crippen LogP contribution >= 0.6 is 11.6 Å². The monoisotopic (exact) mass is 413 g/mol. The number of ether oxygens (including phenoxy) is 3. The third-order valence-corrected chi connectivity index (χ3v) is 5.27. The lowest BCUT2D eigenvalue weighted by Crippen LogP contribution is -2.23. The molecule has 4 rings (SSSR count). The van der Waals surface area contributed by atoms with Crippen LogP contribution in [-0.2, 0) is 4.79 Å². The van der Waals surface area contributed by atoms with Crippen molar-refractivity contribution in [3.05, 3.63) is 52.5 Å². The molecule has 0 fully saturated rings. The molecule has 0 aliphatic carbocycles. The first-order valence-corrected chi connectivity index (χ1v) is 9.37. The molecule has 2 N–H and O–H groups in total. The molecule has 2 heterocycles. The molecule has 150 valence electrons. The number of H-pyrrole nitrogens is 1. The number of aromatic nitrogens is 2. The molecule has 2 aromatic carbocycles. The fourth-order valence-corrected chi connectivity index (χ4v) is 3.81. The number of fused-ring (bicyclic) bond motifs is 1. The van der Waals surface area contributed by atoms with Gasteiger partial charge in [0.15, 0.2) is 17.3 Å². The van der Waals surface area contributed by atoms with Gasteiger partial charge in [-0.1, -0.05) is 23.7 Å². The highest BCUT2D eigenvalue weighted by molar-refractivity contribution is 6.30. The summed E-state index contributed by atoms with van der Waals surface area (Å²) < 4.78 is 16.4. The molecule has 0 unspecified atom stereocenters. The number of amides is 1. The summed E-state index contributed by atoms with van der Waals surface area (Å²) in [6.07, 6.45) is 0.270. The first kappa shape index (κ1) is 19.1. The summed E-state index contributed by atoms with van der Waals surface area (Å²) >= 11 is 6.03. The van der Waals surface area contributed by atoms with Crippen LogP contribution in [0.4, 0.5) is 5.82 Å². The first-order chi connectivity index (χ1) is 14.0. The number of benzene rings is 2. The zero-order valence-electron chi connectivity index (χ0n) is 16.2. The third-order valence-electron chi connectivity index (χ3n) is 5.02. The van der Waals surface area contributed by atoms with E-state index in [0.717, 1.165) is 22.4 Å². The molecule has 8 heteroatoms. The SMILES string of the molecule is COc1cc([C@H]2CC(=O)Nc3n[nH]c(-c4ccc(Cl)cc4)c32)cc(OC)c1OC. The summed E-state index contributed by atoms with van der Waals surface area (Å²) in [6.45, 7) is 0. The molecule has 1 aromatic heterocycles. The van der Waals surface area contributed by atoms with Crippen molar-refractivity contribution in [2.45, 2.75) is 12.3 Å². The van der Waals surface area contributed by atoms with E-state index in [9.17, 15) is 4.79 Å². The van der Waals surface area contributed by atoms with Gasteiger partial charge in [-0.3, -0.25) is 9.89 Å². The number of rotatable bonds is 5. The number of hydrogen-bond donors (Lipinski definition) is 2. The van der Waals surface area contributed by atoms with Crippen molar-refractivity contribution < 1.29 is 19.0 Å². The van der Waals surface area contributed by atoms with Gasteiger partial charge in [0.05, 0.1) is 27.0 Å². The van der Waals surface area contributed by atoms with E-state index in [2.05, 4.69) is 15.5 Å². The number of halogens is 1. The lowest BCUT2D eigenvalue weighted by Gasteiger charge is -2.25. The molecule has 1 aliphatic rings. The Balaban J connectivity index is 1.88. The number of aromatic amines is 1. The van der Waals surface area contributed by atoms with Gasteiger partial charge in [-0.2, -0.15) is 5.10 Å². The van der Waals surface area contributed by atoms with E-state index in [-0.39, 0.29) is 18.2 Å². The molecular formula is C21H20ClN3O4. The van der Waals surface area contributed by atoms with Crippen molar-refractivity contribution in [2.75, 3.05) is 26.6 Å². The van der Waals surface area contributed by atoms with Gasteiger partial charge in [-0.05, 0) is 29.8 Å². The zero-order valence-corrected chi connectivity index (χ0v) is 17.0. The van der Waals surface area contributed by atoms with Crippen LogP contribution in [0.2, 0.25) is 5.02 Å². The average Bonchev–Trinajstić information content (AvgIpc) is 3.16. The van der Waals surface area contributed by atoms with E-state index in [0.29, 0.717) is 28.1 Å². The Labute approximate surface area is 172 Å². The minimum atomic E-state index is -0.239. The minimum Gasteiger partial charge on any atom is -0.493 e. The largest absolute Gasteiger partial charge is 0.493 e. The highest BCUT2D eigenvalue weighted by atomic mass is 35.5. The standard InChI is InChI=1S/C21H20ClN3O4/c1-27-15-8-12(9-16(28-2)20(15)29-3)14-10-17(26)23-21-18(14)19(24-25-21)11-4-6-13(22)7-5-11/h4-9,14H,10H2,1-3H3,(H2,23,24,25,26)/t14-/m1/s1. The van der Waals surface area contributed by atoms with Crippen LogP contribution in [0, 0.1) is 0 Å². The Hall–Kier alpha value is -3.19. The Morgan fingerprint density at radius 3 is 2.28 bits per heavy atom. The van der Waals surface area contributed by atoms with Crippen LogP contribution in [0.25, 0.3) is 11.3 Å². The Morgan fingerprint density at radius 2 is 1.69 bits per heavy atom. The maximum atomic E-state index is 12.4. The van der Waals surface area contributed by atoms with Crippen molar-refractivity contribution in [2.24, 2.45) is 0 Å². The normalized spacial score (nSPS) is 15.4. The van der Waals surface area contributed by atoms with Gasteiger partial charge in [-0.15, -0.1) is 0 Å². The topological polar surface area (TPSA) is 85.5 Å².